The Kier molecular flexibility index (Phi) is 6.94. The smallest absolute Gasteiger partial charge is 0.240 e. The van der Waals surface area contributed by atoms with Crippen molar-refractivity contribution in [1.82, 2.24) is 4.72 Å². The minimum atomic E-state index is -3.60. The first-order valence-corrected chi connectivity index (χ1v) is 10.3. The minimum Gasteiger partial charge on any atom is -0.326 e. The molecular formula is C20H26N2O3S. The van der Waals surface area contributed by atoms with Gasteiger partial charge < -0.3 is 5.32 Å². The van der Waals surface area contributed by atoms with E-state index in [0.29, 0.717) is 5.92 Å². The number of amides is 1. The number of rotatable bonds is 8. The average molecular weight is 375 g/mol. The zero-order valence-corrected chi connectivity index (χ0v) is 16.3. The summed E-state index contributed by atoms with van der Waals surface area (Å²) in [4.78, 5) is 12.4. The number of anilines is 1. The summed E-state index contributed by atoms with van der Waals surface area (Å²) < 4.78 is 26.9. The summed E-state index contributed by atoms with van der Waals surface area (Å²) in [6.45, 7) is 6.16. The molecule has 5 nitrogen and oxygen atoms in total. The predicted octanol–water partition coefficient (Wildman–Crippen LogP) is 3.82. The molecule has 0 aromatic heterocycles. The minimum absolute atomic E-state index is 0.0491. The lowest BCUT2D eigenvalue weighted by atomic mass is 9.97. The summed E-state index contributed by atoms with van der Waals surface area (Å²) in [5.41, 5.74) is 2.86. The van der Waals surface area contributed by atoms with Crippen LogP contribution in [0, 0.1) is 6.92 Å². The van der Waals surface area contributed by atoms with E-state index >= 15 is 0 Å². The van der Waals surface area contributed by atoms with Crippen molar-refractivity contribution in [2.45, 2.75) is 44.4 Å². The molecule has 0 fully saturated rings. The van der Waals surface area contributed by atoms with Crippen molar-refractivity contribution in [2.24, 2.45) is 0 Å². The second-order valence-electron chi connectivity index (χ2n) is 6.41. The van der Waals surface area contributed by atoms with E-state index < -0.39 is 10.0 Å². The number of aryl methyl sites for hydroxylation is 1. The molecule has 26 heavy (non-hydrogen) atoms. The zero-order chi connectivity index (χ0) is 19.2. The number of hydrogen-bond acceptors (Lipinski definition) is 3. The van der Waals surface area contributed by atoms with Gasteiger partial charge in [-0.15, -0.1) is 0 Å². The van der Waals surface area contributed by atoms with Gasteiger partial charge in [0.05, 0.1) is 4.90 Å². The molecule has 0 aliphatic carbocycles. The highest BCUT2D eigenvalue weighted by atomic mass is 32.2. The second kappa shape index (κ2) is 8.96. The van der Waals surface area contributed by atoms with Crippen molar-refractivity contribution in [3.63, 3.8) is 0 Å². The molecular weight excluding hydrogens is 348 g/mol. The van der Waals surface area contributed by atoms with Crippen LogP contribution in [0.1, 0.15) is 43.7 Å². The predicted molar refractivity (Wildman–Crippen MR) is 105 cm³/mol. The molecule has 1 unspecified atom stereocenters. The largest absolute Gasteiger partial charge is 0.326 e. The monoisotopic (exact) mass is 374 g/mol. The molecule has 0 saturated carbocycles. The SMILES string of the molecule is CCC(C)c1ccccc1NC(=O)CCNS(=O)(=O)c1ccc(C)cc1. The molecule has 1 atom stereocenters. The molecule has 2 N–H and O–H groups in total. The highest BCUT2D eigenvalue weighted by Gasteiger charge is 2.15. The van der Waals surface area contributed by atoms with Crippen LogP contribution in [-0.2, 0) is 14.8 Å². The third kappa shape index (κ3) is 5.41. The maximum atomic E-state index is 12.2. The summed E-state index contributed by atoms with van der Waals surface area (Å²) in [7, 11) is -3.60. The molecule has 2 aromatic rings. The molecule has 6 heteroatoms. The first kappa shape index (κ1) is 20.1. The Labute approximate surface area is 155 Å². The maximum Gasteiger partial charge on any atom is 0.240 e. The summed E-state index contributed by atoms with van der Waals surface area (Å²) in [6, 6.07) is 14.3. The number of carbonyl (C=O) groups is 1. The van der Waals surface area contributed by atoms with E-state index in [1.807, 2.05) is 31.2 Å². The fourth-order valence-electron chi connectivity index (χ4n) is 2.57. The van der Waals surface area contributed by atoms with E-state index in [0.717, 1.165) is 23.2 Å². The Morgan fingerprint density at radius 3 is 2.38 bits per heavy atom. The molecule has 2 aromatic carbocycles. The van der Waals surface area contributed by atoms with Gasteiger partial charge in [-0.1, -0.05) is 49.7 Å². The van der Waals surface area contributed by atoms with Crippen LogP contribution in [0.2, 0.25) is 0 Å². The lowest BCUT2D eigenvalue weighted by Crippen LogP contribution is -2.28. The van der Waals surface area contributed by atoms with Crippen molar-refractivity contribution in [3.05, 3.63) is 59.7 Å². The van der Waals surface area contributed by atoms with Gasteiger partial charge in [0.1, 0.15) is 0 Å². The van der Waals surface area contributed by atoms with E-state index in [1.54, 1.807) is 24.3 Å². The van der Waals surface area contributed by atoms with Crippen molar-refractivity contribution in [1.29, 1.82) is 0 Å². The molecule has 0 aliphatic heterocycles. The van der Waals surface area contributed by atoms with Crippen molar-refractivity contribution >= 4 is 21.6 Å². The lowest BCUT2D eigenvalue weighted by Gasteiger charge is -2.15. The Balaban J connectivity index is 1.93. The van der Waals surface area contributed by atoms with Gasteiger partial charge >= 0.3 is 0 Å². The molecule has 0 aliphatic rings. The second-order valence-corrected chi connectivity index (χ2v) is 8.17. The van der Waals surface area contributed by atoms with Crippen molar-refractivity contribution in [3.8, 4) is 0 Å². The number of nitrogens with one attached hydrogen (secondary N) is 2. The van der Waals surface area contributed by atoms with Gasteiger partial charge in [-0.25, -0.2) is 13.1 Å². The molecule has 0 heterocycles. The van der Waals surface area contributed by atoms with Gasteiger partial charge in [0.2, 0.25) is 15.9 Å². The number of para-hydroxylation sites is 1. The van der Waals surface area contributed by atoms with Gasteiger partial charge in [0.25, 0.3) is 0 Å². The molecule has 0 saturated heterocycles. The van der Waals surface area contributed by atoms with Crippen LogP contribution in [0.15, 0.2) is 53.4 Å². The Bertz CT molecular complexity index is 846. The van der Waals surface area contributed by atoms with E-state index in [4.69, 9.17) is 0 Å². The van der Waals surface area contributed by atoms with E-state index in [1.165, 1.54) is 0 Å². The Morgan fingerprint density at radius 1 is 1.08 bits per heavy atom. The van der Waals surface area contributed by atoms with Crippen LogP contribution >= 0.6 is 0 Å². The summed E-state index contributed by atoms with van der Waals surface area (Å²) >= 11 is 0. The van der Waals surface area contributed by atoms with Gasteiger partial charge in [0.15, 0.2) is 0 Å². The van der Waals surface area contributed by atoms with E-state index in [-0.39, 0.29) is 23.8 Å². The van der Waals surface area contributed by atoms with Crippen LogP contribution in [0.5, 0.6) is 0 Å². The maximum absolute atomic E-state index is 12.2. The normalized spacial score (nSPS) is 12.6. The highest BCUT2D eigenvalue weighted by Crippen LogP contribution is 2.26. The van der Waals surface area contributed by atoms with Crippen LogP contribution < -0.4 is 10.0 Å². The summed E-state index contributed by atoms with van der Waals surface area (Å²) in [5, 5.41) is 2.89. The van der Waals surface area contributed by atoms with Crippen molar-refractivity contribution < 1.29 is 13.2 Å². The molecule has 1 amide bonds. The number of hydrogen-bond donors (Lipinski definition) is 2. The molecule has 0 bridgehead atoms. The quantitative estimate of drug-likeness (QED) is 0.738. The fourth-order valence-corrected chi connectivity index (χ4v) is 3.60. The van der Waals surface area contributed by atoms with Gasteiger partial charge in [0, 0.05) is 18.7 Å². The van der Waals surface area contributed by atoms with Crippen LogP contribution in [0.4, 0.5) is 5.69 Å². The lowest BCUT2D eigenvalue weighted by molar-refractivity contribution is -0.116. The average Bonchev–Trinajstić information content (AvgIpc) is 2.61. The first-order chi connectivity index (χ1) is 12.3. The Hall–Kier alpha value is -2.18. The summed E-state index contributed by atoms with van der Waals surface area (Å²) in [5.74, 6) is 0.124. The number of benzene rings is 2. The third-order valence-electron chi connectivity index (χ3n) is 4.35. The standard InChI is InChI=1S/C20H26N2O3S/c1-4-16(3)18-7-5-6-8-19(18)22-20(23)13-14-21-26(24,25)17-11-9-15(2)10-12-17/h5-12,16,21H,4,13-14H2,1-3H3,(H,22,23). The van der Waals surface area contributed by atoms with Crippen LogP contribution in [0.25, 0.3) is 0 Å². The van der Waals surface area contributed by atoms with Crippen LogP contribution in [0.3, 0.4) is 0 Å². The van der Waals surface area contributed by atoms with E-state index in [9.17, 15) is 13.2 Å². The van der Waals surface area contributed by atoms with Gasteiger partial charge in [-0.2, -0.15) is 0 Å². The van der Waals surface area contributed by atoms with E-state index in [2.05, 4.69) is 23.9 Å². The fraction of sp³-hybridized carbons (Fsp3) is 0.350. The van der Waals surface area contributed by atoms with Crippen LogP contribution in [-0.4, -0.2) is 20.9 Å². The topological polar surface area (TPSA) is 75.3 Å². The van der Waals surface area contributed by atoms with Gasteiger partial charge in [-0.05, 0) is 43.0 Å². The molecule has 0 spiro atoms. The van der Waals surface area contributed by atoms with Gasteiger partial charge in [-0.3, -0.25) is 4.79 Å². The first-order valence-electron chi connectivity index (χ1n) is 8.78. The molecule has 0 radical (unpaired) electrons. The molecule has 2 rings (SSSR count). The Morgan fingerprint density at radius 2 is 1.73 bits per heavy atom. The summed E-state index contributed by atoms with van der Waals surface area (Å²) in [6.07, 6.45) is 1.04. The third-order valence-corrected chi connectivity index (χ3v) is 5.83. The zero-order valence-electron chi connectivity index (χ0n) is 15.5. The van der Waals surface area contributed by atoms with Crippen molar-refractivity contribution in [2.75, 3.05) is 11.9 Å². The number of sulfonamides is 1. The number of carbonyl (C=O) groups excluding carboxylic acids is 1. The highest BCUT2D eigenvalue weighted by molar-refractivity contribution is 7.89. The molecule has 140 valence electrons.